The van der Waals surface area contributed by atoms with E-state index in [4.69, 9.17) is 9.97 Å². The van der Waals surface area contributed by atoms with Crippen molar-refractivity contribution in [3.63, 3.8) is 0 Å². The van der Waals surface area contributed by atoms with Gasteiger partial charge in [0.15, 0.2) is 0 Å². The monoisotopic (exact) mass is 767 g/mol. The van der Waals surface area contributed by atoms with E-state index >= 15 is 0 Å². The zero-order valence-electron chi connectivity index (χ0n) is 38.7. The molecule has 2 heteroatoms. The van der Waals surface area contributed by atoms with Crippen LogP contribution in [0.3, 0.4) is 0 Å². The fourth-order valence-corrected chi connectivity index (χ4v) is 8.73. The third kappa shape index (κ3) is 33.7. The van der Waals surface area contributed by atoms with Gasteiger partial charge in [-0.1, -0.05) is 265 Å². The van der Waals surface area contributed by atoms with Crippen LogP contribution < -0.4 is 0 Å². The van der Waals surface area contributed by atoms with Crippen molar-refractivity contribution in [1.29, 1.82) is 0 Å². The van der Waals surface area contributed by atoms with Gasteiger partial charge in [0.25, 0.3) is 0 Å². The predicted molar refractivity (Wildman–Crippen MR) is 249 cm³/mol. The van der Waals surface area contributed by atoms with Crippen molar-refractivity contribution in [1.82, 2.24) is 9.97 Å². The van der Waals surface area contributed by atoms with Crippen LogP contribution in [0.1, 0.15) is 314 Å². The van der Waals surface area contributed by atoms with E-state index in [1.807, 2.05) is 0 Å². The molecule has 0 saturated heterocycles. The topological polar surface area (TPSA) is 25.8 Å². The Morgan fingerprint density at radius 3 is 0.691 bits per heavy atom. The maximum absolute atomic E-state index is 5.35. The molecule has 0 aliphatic carbocycles. The van der Waals surface area contributed by atoms with Gasteiger partial charge in [-0.2, -0.15) is 0 Å². The van der Waals surface area contributed by atoms with E-state index in [0.29, 0.717) is 0 Å². The fraction of sp³-hybridized carbons (Fsp3) is 0.925. The minimum absolute atomic E-state index is 1.06. The molecule has 0 saturated carbocycles. The summed E-state index contributed by atoms with van der Waals surface area (Å²) in [5.41, 5.74) is 4.49. The molecular weight excluding hydrogens is 665 g/mol. The molecule has 0 aliphatic rings. The van der Waals surface area contributed by atoms with Gasteiger partial charge in [-0.3, -0.25) is 0 Å². The number of aromatic nitrogens is 2. The third-order valence-electron chi connectivity index (χ3n) is 12.5. The quantitative estimate of drug-likeness (QED) is 0.0618. The van der Waals surface area contributed by atoms with E-state index < -0.39 is 0 Å². The van der Waals surface area contributed by atoms with Gasteiger partial charge in [0.05, 0.1) is 0 Å². The number of hydrogen-bond donors (Lipinski definition) is 0. The van der Waals surface area contributed by atoms with Crippen LogP contribution in [0.25, 0.3) is 0 Å². The molecule has 0 fully saturated rings. The Bertz CT molecular complexity index is 841. The van der Waals surface area contributed by atoms with Gasteiger partial charge in [-0.25, -0.2) is 9.97 Å². The van der Waals surface area contributed by atoms with Crippen LogP contribution in [-0.2, 0) is 25.7 Å². The first kappa shape index (κ1) is 52.1. The first-order chi connectivity index (χ1) is 27.3. The Balaban J connectivity index is 2.59. The number of nitrogens with zero attached hydrogens (tertiary/aromatic N) is 2. The van der Waals surface area contributed by atoms with Crippen LogP contribution in [0.4, 0.5) is 0 Å². The molecule has 1 rings (SSSR count). The Morgan fingerprint density at radius 2 is 0.436 bits per heavy atom. The summed E-state index contributed by atoms with van der Waals surface area (Å²) in [6.07, 6.45) is 62.6. The van der Waals surface area contributed by atoms with Crippen molar-refractivity contribution < 1.29 is 0 Å². The summed E-state index contributed by atoms with van der Waals surface area (Å²) in [6.45, 7) is 9.26. The second kappa shape index (κ2) is 42.7. The molecule has 0 unspecified atom stereocenters. The summed E-state index contributed by atoms with van der Waals surface area (Å²) in [6, 6.07) is 0. The smallest absolute Gasteiger partial charge is 0.128 e. The lowest BCUT2D eigenvalue weighted by Crippen LogP contribution is -2.11. The van der Waals surface area contributed by atoms with Crippen LogP contribution >= 0.6 is 0 Å². The second-order valence-corrected chi connectivity index (χ2v) is 18.1. The Kier molecular flexibility index (Phi) is 40.4. The largest absolute Gasteiger partial charge is 0.238 e. The van der Waals surface area contributed by atoms with Crippen molar-refractivity contribution in [2.75, 3.05) is 0 Å². The van der Waals surface area contributed by atoms with Gasteiger partial charge in [-0.15, -0.1) is 0 Å². The van der Waals surface area contributed by atoms with E-state index in [1.165, 1.54) is 294 Å². The highest BCUT2D eigenvalue weighted by Crippen LogP contribution is 2.23. The van der Waals surface area contributed by atoms with Crippen molar-refractivity contribution >= 4 is 0 Å². The van der Waals surface area contributed by atoms with Gasteiger partial charge >= 0.3 is 0 Å². The first-order valence-corrected chi connectivity index (χ1v) is 26.1. The van der Waals surface area contributed by atoms with E-state index in [2.05, 4.69) is 27.7 Å². The van der Waals surface area contributed by atoms with Gasteiger partial charge in [0, 0.05) is 17.8 Å². The molecule has 0 bridgehead atoms. The SMILES string of the molecule is CCCCCCCCCCCCCCCc1nc(CCCC)nc(CCCCCCCCCCCCCCC)c1CCCCCCCCCCCCCCC. The number of aryl methyl sites for hydroxylation is 3. The maximum atomic E-state index is 5.35. The summed E-state index contributed by atoms with van der Waals surface area (Å²) in [4.78, 5) is 10.7. The van der Waals surface area contributed by atoms with Crippen molar-refractivity contribution in [2.24, 2.45) is 0 Å². The first-order valence-electron chi connectivity index (χ1n) is 26.1. The molecule has 0 aliphatic heterocycles. The number of hydrogen-bond acceptors (Lipinski definition) is 2. The van der Waals surface area contributed by atoms with Crippen LogP contribution in [0.5, 0.6) is 0 Å². The molecule has 2 nitrogen and oxygen atoms in total. The highest BCUT2D eigenvalue weighted by molar-refractivity contribution is 5.27. The summed E-state index contributed by atoms with van der Waals surface area (Å²) in [5, 5.41) is 0. The minimum Gasteiger partial charge on any atom is -0.238 e. The molecule has 0 spiro atoms. The van der Waals surface area contributed by atoms with Crippen LogP contribution in [0, 0.1) is 0 Å². The van der Waals surface area contributed by atoms with E-state index in [1.54, 1.807) is 5.56 Å². The van der Waals surface area contributed by atoms with Gasteiger partial charge in [-0.05, 0) is 50.5 Å². The third-order valence-corrected chi connectivity index (χ3v) is 12.5. The van der Waals surface area contributed by atoms with Crippen LogP contribution in [0.15, 0.2) is 0 Å². The summed E-state index contributed by atoms with van der Waals surface area (Å²) >= 11 is 0. The molecule has 324 valence electrons. The average Bonchev–Trinajstić information content (AvgIpc) is 3.19. The van der Waals surface area contributed by atoms with Crippen molar-refractivity contribution in [3.05, 3.63) is 22.8 Å². The zero-order valence-corrected chi connectivity index (χ0v) is 38.7. The van der Waals surface area contributed by atoms with Gasteiger partial charge < -0.3 is 0 Å². The summed E-state index contributed by atoms with van der Waals surface area (Å²) < 4.78 is 0. The molecular formula is C53H102N2. The lowest BCUT2D eigenvalue weighted by Gasteiger charge is -2.16. The minimum atomic E-state index is 1.06. The zero-order chi connectivity index (χ0) is 39.5. The predicted octanol–water partition coefficient (Wildman–Crippen LogP) is 18.7. The van der Waals surface area contributed by atoms with Crippen molar-refractivity contribution in [3.8, 4) is 0 Å². The molecule has 55 heavy (non-hydrogen) atoms. The Labute approximate surface area is 348 Å². The highest BCUT2D eigenvalue weighted by Gasteiger charge is 2.15. The van der Waals surface area contributed by atoms with Gasteiger partial charge in [0.1, 0.15) is 5.82 Å². The molecule has 1 aromatic rings. The standard InChI is InChI=1S/C53H102N2/c1-5-9-13-16-19-22-25-28-31-34-37-40-43-46-50-51(47-44-41-38-35-32-29-26-23-20-17-14-10-6-2)54-53(49-12-8-4)55-52(50)48-45-42-39-36-33-30-27-24-21-18-15-11-7-3/h5-49H2,1-4H3. The Morgan fingerprint density at radius 1 is 0.218 bits per heavy atom. The number of unbranched alkanes of at least 4 members (excludes halogenated alkanes) is 37. The normalized spacial score (nSPS) is 11.6. The summed E-state index contributed by atoms with van der Waals surface area (Å²) in [7, 11) is 0. The Hall–Kier alpha value is -0.920. The summed E-state index contributed by atoms with van der Waals surface area (Å²) in [5.74, 6) is 1.16. The highest BCUT2D eigenvalue weighted by atomic mass is 14.9. The lowest BCUT2D eigenvalue weighted by atomic mass is 9.96. The molecule has 0 aromatic carbocycles. The lowest BCUT2D eigenvalue weighted by molar-refractivity contribution is 0.534. The van der Waals surface area contributed by atoms with Gasteiger partial charge in [0.2, 0.25) is 0 Å². The van der Waals surface area contributed by atoms with Crippen LogP contribution in [0.2, 0.25) is 0 Å². The molecule has 0 amide bonds. The molecule has 1 aromatic heterocycles. The van der Waals surface area contributed by atoms with Crippen LogP contribution in [-0.4, -0.2) is 9.97 Å². The van der Waals surface area contributed by atoms with E-state index in [-0.39, 0.29) is 0 Å². The average molecular weight is 767 g/mol. The number of rotatable bonds is 45. The van der Waals surface area contributed by atoms with E-state index in [9.17, 15) is 0 Å². The molecule has 0 N–H and O–H groups in total. The molecule has 0 radical (unpaired) electrons. The molecule has 1 heterocycles. The second-order valence-electron chi connectivity index (χ2n) is 18.1. The fourth-order valence-electron chi connectivity index (χ4n) is 8.73. The molecule has 0 atom stereocenters. The van der Waals surface area contributed by atoms with E-state index in [0.717, 1.165) is 12.2 Å². The van der Waals surface area contributed by atoms with Crippen molar-refractivity contribution in [2.45, 2.75) is 317 Å². The maximum Gasteiger partial charge on any atom is 0.128 e.